The van der Waals surface area contributed by atoms with E-state index in [1.807, 2.05) is 36.4 Å². The van der Waals surface area contributed by atoms with Crippen molar-refractivity contribution < 1.29 is 4.42 Å². The molecular formula is C45H27N5O. The lowest BCUT2D eigenvalue weighted by molar-refractivity contribution is 0.670. The number of hydrogen-bond acceptors (Lipinski definition) is 4. The molecule has 11 aromatic rings. The summed E-state index contributed by atoms with van der Waals surface area (Å²) >= 11 is 0. The number of para-hydroxylation sites is 5. The standard InChI is InChI=1S/C45H27N5O/c1-3-14-28(15-4-1)43-46-44(48-45(47-43)50-38-24-11-7-18-30(38)31-19-8-12-25-39(31)50)34-22-13-21-33-36-26-40-35(27-41(36)51-42(33)34)32-20-9-10-23-37(32)49(40)29-16-5-2-6-17-29/h1-27H. The summed E-state index contributed by atoms with van der Waals surface area (Å²) in [5, 5.41) is 6.67. The summed E-state index contributed by atoms with van der Waals surface area (Å²) in [5.41, 5.74) is 8.77. The first-order valence-electron chi connectivity index (χ1n) is 17.0. The van der Waals surface area contributed by atoms with Crippen LogP contribution in [0.25, 0.3) is 100.0 Å². The Balaban J connectivity index is 1.19. The quantitative estimate of drug-likeness (QED) is 0.190. The molecule has 4 heterocycles. The van der Waals surface area contributed by atoms with E-state index in [0.717, 1.165) is 77.0 Å². The first-order chi connectivity index (χ1) is 25.3. The monoisotopic (exact) mass is 653 g/mol. The normalized spacial score (nSPS) is 11.9. The lowest BCUT2D eigenvalue weighted by Gasteiger charge is -2.11. The molecule has 0 bridgehead atoms. The Labute approximate surface area is 291 Å². The highest BCUT2D eigenvalue weighted by molar-refractivity contribution is 6.18. The Morgan fingerprint density at radius 2 is 0.961 bits per heavy atom. The predicted molar refractivity (Wildman–Crippen MR) is 207 cm³/mol. The molecule has 0 saturated heterocycles. The van der Waals surface area contributed by atoms with Crippen molar-refractivity contribution in [2.75, 3.05) is 0 Å². The number of rotatable bonds is 4. The van der Waals surface area contributed by atoms with E-state index in [0.29, 0.717) is 17.6 Å². The molecule has 0 aliphatic rings. The van der Waals surface area contributed by atoms with Crippen molar-refractivity contribution in [1.82, 2.24) is 24.1 Å². The van der Waals surface area contributed by atoms with Crippen LogP contribution in [-0.4, -0.2) is 24.1 Å². The maximum Gasteiger partial charge on any atom is 0.238 e. The maximum absolute atomic E-state index is 6.81. The molecule has 11 rings (SSSR count). The summed E-state index contributed by atoms with van der Waals surface area (Å²) in [6.07, 6.45) is 0. The Hall–Kier alpha value is -7.05. The third-order valence-electron chi connectivity index (χ3n) is 9.98. The molecule has 7 aromatic carbocycles. The summed E-state index contributed by atoms with van der Waals surface area (Å²) in [6.45, 7) is 0. The topological polar surface area (TPSA) is 61.7 Å². The molecule has 0 N–H and O–H groups in total. The van der Waals surface area contributed by atoms with Gasteiger partial charge < -0.3 is 8.98 Å². The zero-order chi connectivity index (χ0) is 33.5. The van der Waals surface area contributed by atoms with E-state index in [1.165, 1.54) is 5.39 Å². The van der Waals surface area contributed by atoms with Crippen LogP contribution in [-0.2, 0) is 0 Å². The van der Waals surface area contributed by atoms with Crippen LogP contribution in [0.4, 0.5) is 0 Å². The Morgan fingerprint density at radius 1 is 0.392 bits per heavy atom. The second-order valence-corrected chi connectivity index (χ2v) is 12.9. The molecule has 51 heavy (non-hydrogen) atoms. The first kappa shape index (κ1) is 27.9. The molecule has 0 saturated carbocycles. The number of benzene rings is 7. The van der Waals surface area contributed by atoms with Crippen LogP contribution in [0.3, 0.4) is 0 Å². The molecule has 0 atom stereocenters. The van der Waals surface area contributed by atoms with Gasteiger partial charge in [-0.3, -0.25) is 4.57 Å². The summed E-state index contributed by atoms with van der Waals surface area (Å²) in [7, 11) is 0. The second-order valence-electron chi connectivity index (χ2n) is 12.9. The molecule has 6 nitrogen and oxygen atoms in total. The molecule has 4 aromatic heterocycles. The van der Waals surface area contributed by atoms with E-state index >= 15 is 0 Å². The van der Waals surface area contributed by atoms with Gasteiger partial charge in [0.05, 0.1) is 27.6 Å². The van der Waals surface area contributed by atoms with Crippen molar-refractivity contribution in [3.63, 3.8) is 0 Å². The fourth-order valence-corrected chi connectivity index (χ4v) is 7.73. The lowest BCUT2D eigenvalue weighted by atomic mass is 10.1. The van der Waals surface area contributed by atoms with E-state index in [4.69, 9.17) is 19.4 Å². The van der Waals surface area contributed by atoms with Crippen LogP contribution in [0, 0.1) is 0 Å². The largest absolute Gasteiger partial charge is 0.455 e. The summed E-state index contributed by atoms with van der Waals surface area (Å²) in [6, 6.07) is 56.7. The average Bonchev–Trinajstić information content (AvgIpc) is 3.85. The van der Waals surface area contributed by atoms with Crippen molar-refractivity contribution in [3.8, 4) is 34.4 Å². The molecule has 0 fully saturated rings. The van der Waals surface area contributed by atoms with E-state index < -0.39 is 0 Å². The van der Waals surface area contributed by atoms with Crippen molar-refractivity contribution in [2.45, 2.75) is 0 Å². The van der Waals surface area contributed by atoms with Gasteiger partial charge in [-0.1, -0.05) is 115 Å². The highest BCUT2D eigenvalue weighted by atomic mass is 16.3. The molecule has 238 valence electrons. The molecule has 0 aliphatic carbocycles. The van der Waals surface area contributed by atoms with Gasteiger partial charge in [0.1, 0.15) is 11.2 Å². The van der Waals surface area contributed by atoms with Crippen LogP contribution in [0.2, 0.25) is 0 Å². The van der Waals surface area contributed by atoms with Crippen molar-refractivity contribution in [3.05, 3.63) is 164 Å². The molecule has 0 unspecified atom stereocenters. The zero-order valence-electron chi connectivity index (χ0n) is 27.2. The van der Waals surface area contributed by atoms with E-state index in [1.54, 1.807) is 0 Å². The summed E-state index contributed by atoms with van der Waals surface area (Å²) < 4.78 is 11.3. The molecule has 0 amide bonds. The summed E-state index contributed by atoms with van der Waals surface area (Å²) in [4.78, 5) is 15.4. The highest BCUT2D eigenvalue weighted by Gasteiger charge is 2.21. The third-order valence-corrected chi connectivity index (χ3v) is 9.98. The van der Waals surface area contributed by atoms with Crippen LogP contribution < -0.4 is 0 Å². The van der Waals surface area contributed by atoms with Crippen molar-refractivity contribution in [2.24, 2.45) is 0 Å². The van der Waals surface area contributed by atoms with E-state index in [-0.39, 0.29) is 0 Å². The van der Waals surface area contributed by atoms with E-state index in [9.17, 15) is 0 Å². The van der Waals surface area contributed by atoms with Crippen LogP contribution in [0.5, 0.6) is 0 Å². The van der Waals surface area contributed by atoms with Crippen LogP contribution in [0.1, 0.15) is 0 Å². The van der Waals surface area contributed by atoms with Crippen LogP contribution in [0.15, 0.2) is 168 Å². The van der Waals surface area contributed by atoms with Gasteiger partial charge in [-0.25, -0.2) is 4.98 Å². The zero-order valence-corrected chi connectivity index (χ0v) is 27.2. The summed E-state index contributed by atoms with van der Waals surface area (Å²) in [5.74, 6) is 1.70. The van der Waals surface area contributed by atoms with Gasteiger partial charge in [0.15, 0.2) is 11.6 Å². The number of furan rings is 1. The molecule has 6 heteroatoms. The minimum atomic E-state index is 0.550. The van der Waals surface area contributed by atoms with E-state index in [2.05, 4.69) is 137 Å². The van der Waals surface area contributed by atoms with Gasteiger partial charge in [0.2, 0.25) is 5.95 Å². The third kappa shape index (κ3) is 4.14. The first-order valence-corrected chi connectivity index (χ1v) is 17.0. The van der Waals surface area contributed by atoms with Gasteiger partial charge >= 0.3 is 0 Å². The minimum absolute atomic E-state index is 0.550. The smallest absolute Gasteiger partial charge is 0.238 e. The lowest BCUT2D eigenvalue weighted by Crippen LogP contribution is -2.06. The molecular weight excluding hydrogens is 627 g/mol. The maximum atomic E-state index is 6.81. The van der Waals surface area contributed by atoms with Crippen LogP contribution >= 0.6 is 0 Å². The fourth-order valence-electron chi connectivity index (χ4n) is 7.73. The SMILES string of the molecule is c1ccc(-c2nc(-c3cccc4c3oc3cc5c6ccccc6n(-c6ccccc6)c5cc34)nc(-n3c4ccccc4c4ccccc43)n2)cc1. The van der Waals surface area contributed by atoms with Gasteiger partial charge in [-0.2, -0.15) is 9.97 Å². The highest BCUT2D eigenvalue weighted by Crippen LogP contribution is 2.41. The second kappa shape index (κ2) is 10.7. The fraction of sp³-hybridized carbons (Fsp3) is 0. The number of hydrogen-bond donors (Lipinski definition) is 0. The number of aromatic nitrogens is 5. The minimum Gasteiger partial charge on any atom is -0.455 e. The molecule has 0 spiro atoms. The predicted octanol–water partition coefficient (Wildman–Crippen LogP) is 11.3. The molecule has 0 radical (unpaired) electrons. The van der Waals surface area contributed by atoms with Gasteiger partial charge in [0, 0.05) is 43.6 Å². The number of fused-ring (bicyclic) bond motifs is 9. The Morgan fingerprint density at radius 3 is 1.67 bits per heavy atom. The number of nitrogens with zero attached hydrogens (tertiary/aromatic N) is 5. The van der Waals surface area contributed by atoms with Gasteiger partial charge in [-0.05, 0) is 48.5 Å². The van der Waals surface area contributed by atoms with Gasteiger partial charge in [0.25, 0.3) is 0 Å². The molecule has 0 aliphatic heterocycles. The Bertz CT molecular complexity index is 3080. The van der Waals surface area contributed by atoms with Crippen molar-refractivity contribution >= 4 is 65.6 Å². The average molecular weight is 654 g/mol. The Kier molecular flexibility index (Phi) is 5.86. The van der Waals surface area contributed by atoms with Crippen molar-refractivity contribution in [1.29, 1.82) is 0 Å². The van der Waals surface area contributed by atoms with Gasteiger partial charge in [-0.15, -0.1) is 0 Å².